The average Bonchev–Trinajstić information content (AvgIpc) is 3.81. The Labute approximate surface area is 266 Å². The summed E-state index contributed by atoms with van der Waals surface area (Å²) in [5.74, 6) is 0.410. The minimum atomic E-state index is -0.578. The average molecular weight is 615 g/mol. The van der Waals surface area contributed by atoms with Crippen LogP contribution in [0, 0.1) is 5.92 Å². The maximum Gasteiger partial charge on any atom is 0.407 e. The molecule has 3 N–H and O–H groups in total. The van der Waals surface area contributed by atoms with Gasteiger partial charge in [0, 0.05) is 17.3 Å². The van der Waals surface area contributed by atoms with E-state index in [-0.39, 0.29) is 18.5 Å². The number of anilines is 1. The van der Waals surface area contributed by atoms with Gasteiger partial charge in [0.1, 0.15) is 11.3 Å². The molecule has 4 rings (SSSR count). The number of allylic oxidation sites excluding steroid dienone is 1. The second-order valence-corrected chi connectivity index (χ2v) is 12.7. The lowest BCUT2D eigenvalue weighted by atomic mass is 9.98. The van der Waals surface area contributed by atoms with Crippen LogP contribution in [0.4, 0.5) is 16.2 Å². The van der Waals surface area contributed by atoms with E-state index in [2.05, 4.69) is 22.0 Å². The number of carbonyl (C=O) groups is 2. The fraction of sp³-hybridized carbons (Fsp3) is 0.361. The number of amides is 2. The molecule has 8 heteroatoms. The van der Waals surface area contributed by atoms with Crippen LogP contribution in [0.2, 0.25) is 5.02 Å². The number of hydrogen-bond donors (Lipinski definition) is 3. The molecule has 0 radical (unpaired) electrons. The number of ether oxygens (including phenoxy) is 1. The largest absolute Gasteiger partial charge is 0.444 e. The zero-order valence-corrected chi connectivity index (χ0v) is 27.0. The van der Waals surface area contributed by atoms with Gasteiger partial charge < -0.3 is 20.7 Å². The van der Waals surface area contributed by atoms with Crippen LogP contribution in [0.15, 0.2) is 89.4 Å². The predicted molar refractivity (Wildman–Crippen MR) is 180 cm³/mol. The van der Waals surface area contributed by atoms with Crippen LogP contribution in [0.1, 0.15) is 76.6 Å². The first-order valence-corrected chi connectivity index (χ1v) is 15.6. The second kappa shape index (κ2) is 15.2. The van der Waals surface area contributed by atoms with Crippen LogP contribution >= 0.6 is 11.6 Å². The molecule has 1 atom stereocenters. The van der Waals surface area contributed by atoms with Crippen molar-refractivity contribution in [3.05, 3.63) is 106 Å². The smallest absolute Gasteiger partial charge is 0.407 e. The van der Waals surface area contributed by atoms with Crippen LogP contribution in [-0.4, -0.2) is 29.9 Å². The number of nitrogens with one attached hydrogen (secondary N) is 3. The number of rotatable bonds is 12. The molecule has 0 heterocycles. The SMILES string of the molecule is CC/C(C)=C\C(=Nc1cccc(CNC(=O)OC(C)(C)C)c1)C(=O)Nc1cccc(C(NCC2CC2)c2ccc(Cl)cc2)c1. The predicted octanol–water partition coefficient (Wildman–Crippen LogP) is 8.52. The molecule has 1 fully saturated rings. The van der Waals surface area contributed by atoms with E-state index < -0.39 is 11.7 Å². The van der Waals surface area contributed by atoms with Crippen LogP contribution in [0.5, 0.6) is 0 Å². The van der Waals surface area contributed by atoms with Crippen LogP contribution in [0.25, 0.3) is 0 Å². The van der Waals surface area contributed by atoms with Crippen LogP contribution < -0.4 is 16.0 Å². The lowest BCUT2D eigenvalue weighted by Gasteiger charge is -2.21. The Morgan fingerprint density at radius 1 is 1.02 bits per heavy atom. The lowest BCUT2D eigenvalue weighted by Crippen LogP contribution is -2.32. The van der Waals surface area contributed by atoms with Gasteiger partial charge in [-0.1, -0.05) is 60.5 Å². The summed E-state index contributed by atoms with van der Waals surface area (Å²) < 4.78 is 5.33. The summed E-state index contributed by atoms with van der Waals surface area (Å²) in [5.41, 5.74) is 5.05. The standard InChI is InChI=1S/C36H43ClN4O3/c1-6-24(2)19-32(40-30-11-7-9-26(20-30)23-39-35(43)44-36(3,4)5)34(42)41-31-12-8-10-28(21-31)33(38-22-25-13-14-25)27-15-17-29(37)18-16-27/h7-12,15-21,25,33,38H,6,13-14,22-23H2,1-5H3,(H,39,43)(H,41,42)/b24-19-,40-32?. The first-order valence-electron chi connectivity index (χ1n) is 15.2. The minimum Gasteiger partial charge on any atom is -0.444 e. The van der Waals surface area contributed by atoms with E-state index in [4.69, 9.17) is 21.3 Å². The number of hydrogen-bond acceptors (Lipinski definition) is 5. The Hall–Kier alpha value is -3.94. The summed E-state index contributed by atoms with van der Waals surface area (Å²) in [6.07, 6.45) is 4.63. The Kier molecular flexibility index (Phi) is 11.4. The van der Waals surface area contributed by atoms with E-state index in [9.17, 15) is 9.59 Å². The van der Waals surface area contributed by atoms with Gasteiger partial charge in [0.25, 0.3) is 5.91 Å². The fourth-order valence-electron chi connectivity index (χ4n) is 4.53. The molecule has 2 amide bonds. The third-order valence-electron chi connectivity index (χ3n) is 7.16. The van der Waals surface area contributed by atoms with Gasteiger partial charge in [-0.3, -0.25) is 4.79 Å². The number of nitrogens with zero attached hydrogens (tertiary/aromatic N) is 1. The summed E-state index contributed by atoms with van der Waals surface area (Å²) in [7, 11) is 0. The van der Waals surface area contributed by atoms with Gasteiger partial charge in [-0.2, -0.15) is 0 Å². The van der Waals surface area contributed by atoms with Gasteiger partial charge in [0.2, 0.25) is 0 Å². The Balaban J connectivity index is 1.54. The number of benzene rings is 3. The molecular weight excluding hydrogens is 572 g/mol. The molecule has 0 aromatic heterocycles. The Bertz CT molecular complexity index is 1500. The van der Waals surface area contributed by atoms with E-state index in [0.717, 1.165) is 35.2 Å². The number of aliphatic imine (C=N–C) groups is 1. The summed E-state index contributed by atoms with van der Waals surface area (Å²) in [4.78, 5) is 30.5. The van der Waals surface area contributed by atoms with E-state index in [1.54, 1.807) is 0 Å². The van der Waals surface area contributed by atoms with Gasteiger partial charge in [0.15, 0.2) is 0 Å². The highest BCUT2D eigenvalue weighted by molar-refractivity contribution is 6.47. The summed E-state index contributed by atoms with van der Waals surface area (Å²) in [6, 6.07) is 23.2. The minimum absolute atomic E-state index is 0.0304. The number of halogens is 1. The van der Waals surface area contributed by atoms with E-state index in [0.29, 0.717) is 28.0 Å². The van der Waals surface area contributed by atoms with Gasteiger partial charge in [-0.05, 0) is 119 Å². The van der Waals surface area contributed by atoms with Crippen molar-refractivity contribution in [3.63, 3.8) is 0 Å². The first-order chi connectivity index (χ1) is 21.0. The van der Waals surface area contributed by atoms with Gasteiger partial charge in [0.05, 0.1) is 11.7 Å². The fourth-order valence-corrected chi connectivity index (χ4v) is 4.65. The van der Waals surface area contributed by atoms with Gasteiger partial charge in [-0.15, -0.1) is 0 Å². The molecule has 7 nitrogen and oxygen atoms in total. The van der Waals surface area contributed by atoms with Crippen molar-refractivity contribution in [3.8, 4) is 0 Å². The van der Waals surface area contributed by atoms with E-state index >= 15 is 0 Å². The molecule has 3 aromatic rings. The van der Waals surface area contributed by atoms with Crippen LogP contribution in [-0.2, 0) is 16.1 Å². The molecule has 1 aliphatic carbocycles. The van der Waals surface area contributed by atoms with Crippen molar-refractivity contribution < 1.29 is 14.3 Å². The maximum atomic E-state index is 13.6. The molecule has 232 valence electrons. The third-order valence-corrected chi connectivity index (χ3v) is 7.41. The molecule has 44 heavy (non-hydrogen) atoms. The summed E-state index contributed by atoms with van der Waals surface area (Å²) in [6.45, 7) is 10.7. The summed E-state index contributed by atoms with van der Waals surface area (Å²) >= 11 is 6.17. The molecule has 1 unspecified atom stereocenters. The normalized spacial score (nSPS) is 14.6. The van der Waals surface area contributed by atoms with Crippen molar-refractivity contribution in [1.82, 2.24) is 10.6 Å². The Morgan fingerprint density at radius 2 is 1.75 bits per heavy atom. The molecule has 1 saturated carbocycles. The zero-order chi connectivity index (χ0) is 31.7. The monoisotopic (exact) mass is 614 g/mol. The molecule has 0 spiro atoms. The van der Waals surface area contributed by atoms with Crippen molar-refractivity contribution in [1.29, 1.82) is 0 Å². The van der Waals surface area contributed by atoms with E-state index in [1.807, 2.05) is 107 Å². The van der Waals surface area contributed by atoms with Crippen LogP contribution in [0.3, 0.4) is 0 Å². The number of alkyl carbamates (subject to hydrolysis) is 1. The highest BCUT2D eigenvalue weighted by atomic mass is 35.5. The van der Waals surface area contributed by atoms with Crippen molar-refractivity contribution in [2.45, 2.75) is 72.1 Å². The molecular formula is C36H43ClN4O3. The topological polar surface area (TPSA) is 91.8 Å². The molecule has 3 aromatic carbocycles. The third kappa shape index (κ3) is 10.6. The summed E-state index contributed by atoms with van der Waals surface area (Å²) in [5, 5.41) is 10.2. The zero-order valence-electron chi connectivity index (χ0n) is 26.2. The quantitative estimate of drug-likeness (QED) is 0.178. The lowest BCUT2D eigenvalue weighted by molar-refractivity contribution is -0.110. The highest BCUT2D eigenvalue weighted by Crippen LogP contribution is 2.31. The van der Waals surface area contributed by atoms with Crippen molar-refractivity contribution >= 4 is 40.7 Å². The maximum absolute atomic E-state index is 13.6. The first kappa shape index (κ1) is 33.0. The second-order valence-electron chi connectivity index (χ2n) is 12.3. The Morgan fingerprint density at radius 3 is 2.43 bits per heavy atom. The molecule has 1 aliphatic rings. The highest BCUT2D eigenvalue weighted by Gasteiger charge is 2.24. The van der Waals surface area contributed by atoms with Gasteiger partial charge in [-0.25, -0.2) is 9.79 Å². The van der Waals surface area contributed by atoms with Crippen molar-refractivity contribution in [2.24, 2.45) is 10.9 Å². The van der Waals surface area contributed by atoms with Crippen molar-refractivity contribution in [2.75, 3.05) is 11.9 Å². The molecule has 0 saturated heterocycles. The molecule has 0 bridgehead atoms. The van der Waals surface area contributed by atoms with E-state index in [1.165, 1.54) is 12.8 Å². The number of carbonyl (C=O) groups excluding carboxylic acids is 2. The van der Waals surface area contributed by atoms with Gasteiger partial charge >= 0.3 is 6.09 Å². The molecule has 0 aliphatic heterocycles.